The van der Waals surface area contributed by atoms with Crippen LogP contribution in [0.4, 0.5) is 5.69 Å². The van der Waals surface area contributed by atoms with Crippen molar-refractivity contribution in [2.75, 3.05) is 25.4 Å². The Bertz CT molecular complexity index is 1520. The van der Waals surface area contributed by atoms with E-state index in [2.05, 4.69) is 45.7 Å². The number of aryl methyl sites for hydroxylation is 2. The van der Waals surface area contributed by atoms with E-state index in [0.717, 1.165) is 54.3 Å². The van der Waals surface area contributed by atoms with Gasteiger partial charge in [-0.2, -0.15) is 0 Å². The second-order valence-corrected chi connectivity index (χ2v) is 11.7. The molecule has 0 bridgehead atoms. The van der Waals surface area contributed by atoms with Gasteiger partial charge in [-0.1, -0.05) is 53.7 Å². The standard InChI is InChI=1S/C34H39N5O2/c1-21-33(22(2)41-38-21)26-10-8-25(9-11-26)29-18-32(29)37-19-23-13-15-39(16-14-23)20-24-7-12-28(34(36)40)30(17-24)27-5-3-4-6-31(27)35/h3-12,17,23,29,32,37H,13-16,18-20,35H2,1-2H3,(H2,36,40). The Labute approximate surface area is 241 Å². The number of aromatic nitrogens is 1. The quantitative estimate of drug-likeness (QED) is 0.232. The highest BCUT2D eigenvalue weighted by Gasteiger charge is 2.38. The molecule has 2 fully saturated rings. The topological polar surface area (TPSA) is 110 Å². The highest BCUT2D eigenvalue weighted by molar-refractivity contribution is 6.01. The number of carbonyl (C=O) groups excluding carboxylic acids is 1. The summed E-state index contributed by atoms with van der Waals surface area (Å²) in [5, 5.41) is 7.94. The van der Waals surface area contributed by atoms with E-state index in [-0.39, 0.29) is 0 Å². The van der Waals surface area contributed by atoms with Crippen LogP contribution in [0.3, 0.4) is 0 Å². The summed E-state index contributed by atoms with van der Waals surface area (Å²) in [5.41, 5.74) is 20.5. The van der Waals surface area contributed by atoms with Crippen molar-refractivity contribution in [3.05, 3.63) is 94.9 Å². The van der Waals surface area contributed by atoms with Crippen LogP contribution in [0.2, 0.25) is 0 Å². The number of nitrogen functional groups attached to an aromatic ring is 1. The van der Waals surface area contributed by atoms with E-state index >= 15 is 0 Å². The number of likely N-dealkylation sites (tertiary alicyclic amines) is 1. The zero-order chi connectivity index (χ0) is 28.5. The zero-order valence-corrected chi connectivity index (χ0v) is 23.9. The molecular formula is C34H39N5O2. The molecule has 5 N–H and O–H groups in total. The minimum Gasteiger partial charge on any atom is -0.398 e. The molecule has 3 aromatic carbocycles. The lowest BCUT2D eigenvalue weighted by Crippen LogP contribution is -2.37. The summed E-state index contributed by atoms with van der Waals surface area (Å²) in [5.74, 6) is 1.74. The second kappa shape index (κ2) is 11.5. The van der Waals surface area contributed by atoms with Gasteiger partial charge >= 0.3 is 0 Å². The van der Waals surface area contributed by atoms with Crippen LogP contribution in [-0.4, -0.2) is 41.6 Å². The number of piperidine rings is 1. The SMILES string of the molecule is Cc1noc(C)c1-c1ccc(C2CC2NCC2CCN(Cc3ccc(C(N)=O)c(-c4ccccc4N)c3)CC2)cc1. The van der Waals surface area contributed by atoms with E-state index in [1.807, 2.05) is 50.2 Å². The number of nitrogens with zero attached hydrogens (tertiary/aromatic N) is 2. The maximum absolute atomic E-state index is 12.1. The zero-order valence-electron chi connectivity index (χ0n) is 23.9. The van der Waals surface area contributed by atoms with Gasteiger partial charge in [-0.25, -0.2) is 0 Å². The molecule has 2 aliphatic rings. The molecule has 1 aliphatic heterocycles. The molecule has 2 heterocycles. The molecular weight excluding hydrogens is 510 g/mol. The number of amides is 1. The molecule has 7 nitrogen and oxygen atoms in total. The van der Waals surface area contributed by atoms with Crippen molar-refractivity contribution >= 4 is 11.6 Å². The third-order valence-electron chi connectivity index (χ3n) is 8.83. The number of benzene rings is 3. The van der Waals surface area contributed by atoms with Gasteiger partial charge < -0.3 is 21.3 Å². The summed E-state index contributed by atoms with van der Waals surface area (Å²) in [4.78, 5) is 14.6. The molecule has 1 saturated carbocycles. The third kappa shape index (κ3) is 5.92. The van der Waals surface area contributed by atoms with Gasteiger partial charge in [0.25, 0.3) is 0 Å². The molecule has 4 aromatic rings. The first-order chi connectivity index (χ1) is 19.9. The fourth-order valence-corrected chi connectivity index (χ4v) is 6.38. The minimum atomic E-state index is -0.435. The molecule has 1 aliphatic carbocycles. The van der Waals surface area contributed by atoms with E-state index in [9.17, 15) is 4.79 Å². The Kier molecular flexibility index (Phi) is 7.65. The van der Waals surface area contributed by atoms with Gasteiger partial charge in [-0.05, 0) is 99.1 Å². The highest BCUT2D eigenvalue weighted by atomic mass is 16.5. The maximum atomic E-state index is 12.1. The fraction of sp³-hybridized carbons (Fsp3) is 0.353. The van der Waals surface area contributed by atoms with Crippen LogP contribution < -0.4 is 16.8 Å². The number of nitrogens with two attached hydrogens (primary N) is 2. The normalized spacial score (nSPS) is 19.4. The monoisotopic (exact) mass is 549 g/mol. The molecule has 1 amide bonds. The summed E-state index contributed by atoms with van der Waals surface area (Å²) < 4.78 is 5.34. The van der Waals surface area contributed by atoms with Crippen molar-refractivity contribution in [3.8, 4) is 22.3 Å². The van der Waals surface area contributed by atoms with Gasteiger partial charge in [-0.15, -0.1) is 0 Å². The minimum absolute atomic E-state index is 0.435. The Balaban J connectivity index is 0.991. The van der Waals surface area contributed by atoms with Crippen LogP contribution in [0.25, 0.3) is 22.3 Å². The first-order valence-electron chi connectivity index (χ1n) is 14.6. The molecule has 0 radical (unpaired) electrons. The first-order valence-corrected chi connectivity index (χ1v) is 14.6. The lowest BCUT2D eigenvalue weighted by Gasteiger charge is -2.32. The number of carbonyl (C=O) groups is 1. The van der Waals surface area contributed by atoms with Crippen LogP contribution in [0, 0.1) is 19.8 Å². The molecule has 2 atom stereocenters. The van der Waals surface area contributed by atoms with Crippen molar-refractivity contribution in [3.63, 3.8) is 0 Å². The van der Waals surface area contributed by atoms with E-state index in [1.54, 1.807) is 0 Å². The number of para-hydroxylation sites is 1. The molecule has 6 rings (SSSR count). The Morgan fingerprint density at radius 3 is 2.46 bits per heavy atom. The Morgan fingerprint density at radius 2 is 1.78 bits per heavy atom. The van der Waals surface area contributed by atoms with E-state index in [1.165, 1.54) is 36.0 Å². The predicted molar refractivity (Wildman–Crippen MR) is 163 cm³/mol. The first kappa shape index (κ1) is 27.2. The smallest absolute Gasteiger partial charge is 0.249 e. The van der Waals surface area contributed by atoms with Gasteiger partial charge in [-0.3, -0.25) is 9.69 Å². The number of hydrogen-bond acceptors (Lipinski definition) is 6. The number of hydrogen-bond donors (Lipinski definition) is 3. The number of primary amides is 1. The summed E-state index contributed by atoms with van der Waals surface area (Å²) in [6, 6.07) is 23.1. The van der Waals surface area contributed by atoms with Gasteiger partial charge in [0.15, 0.2) is 0 Å². The summed E-state index contributed by atoms with van der Waals surface area (Å²) >= 11 is 0. The van der Waals surface area contributed by atoms with Crippen molar-refractivity contribution in [2.45, 2.75) is 51.6 Å². The van der Waals surface area contributed by atoms with Gasteiger partial charge in [0.1, 0.15) is 5.76 Å². The van der Waals surface area contributed by atoms with Crippen LogP contribution >= 0.6 is 0 Å². The van der Waals surface area contributed by atoms with Crippen molar-refractivity contribution in [2.24, 2.45) is 11.7 Å². The van der Waals surface area contributed by atoms with Crippen LogP contribution in [0.15, 0.2) is 71.3 Å². The van der Waals surface area contributed by atoms with Crippen LogP contribution in [-0.2, 0) is 6.54 Å². The number of rotatable bonds is 9. The van der Waals surface area contributed by atoms with E-state index in [0.29, 0.717) is 29.1 Å². The van der Waals surface area contributed by atoms with E-state index in [4.69, 9.17) is 16.0 Å². The van der Waals surface area contributed by atoms with Gasteiger partial charge in [0, 0.05) is 40.9 Å². The molecule has 41 heavy (non-hydrogen) atoms. The van der Waals surface area contributed by atoms with Crippen LogP contribution in [0.1, 0.15) is 58.1 Å². The molecule has 7 heteroatoms. The maximum Gasteiger partial charge on any atom is 0.249 e. The molecule has 1 aromatic heterocycles. The summed E-state index contributed by atoms with van der Waals surface area (Å²) in [6.45, 7) is 8.04. The predicted octanol–water partition coefficient (Wildman–Crippen LogP) is 5.66. The molecule has 1 saturated heterocycles. The summed E-state index contributed by atoms with van der Waals surface area (Å²) in [6.07, 6.45) is 3.59. The van der Waals surface area contributed by atoms with Crippen molar-refractivity contribution in [1.29, 1.82) is 0 Å². The number of anilines is 1. The summed E-state index contributed by atoms with van der Waals surface area (Å²) in [7, 11) is 0. The van der Waals surface area contributed by atoms with Gasteiger partial charge in [0.05, 0.1) is 5.69 Å². The number of nitrogens with one attached hydrogen (secondary N) is 1. The average Bonchev–Trinajstić information content (AvgIpc) is 3.68. The molecule has 0 spiro atoms. The average molecular weight is 550 g/mol. The third-order valence-corrected chi connectivity index (χ3v) is 8.83. The Hall–Kier alpha value is -3.94. The lowest BCUT2D eigenvalue weighted by molar-refractivity contribution is 0.100. The van der Waals surface area contributed by atoms with Gasteiger partial charge in [0.2, 0.25) is 5.91 Å². The molecule has 2 unspecified atom stereocenters. The van der Waals surface area contributed by atoms with Crippen LogP contribution in [0.5, 0.6) is 0 Å². The lowest BCUT2D eigenvalue weighted by atomic mass is 9.94. The fourth-order valence-electron chi connectivity index (χ4n) is 6.38. The van der Waals surface area contributed by atoms with Crippen molar-refractivity contribution in [1.82, 2.24) is 15.4 Å². The van der Waals surface area contributed by atoms with Crippen molar-refractivity contribution < 1.29 is 9.32 Å². The second-order valence-electron chi connectivity index (χ2n) is 11.7. The van der Waals surface area contributed by atoms with E-state index < -0.39 is 5.91 Å². The molecule has 212 valence electrons. The largest absolute Gasteiger partial charge is 0.398 e. The highest BCUT2D eigenvalue weighted by Crippen LogP contribution is 2.42. The Morgan fingerprint density at radius 1 is 1.02 bits per heavy atom.